The van der Waals surface area contributed by atoms with Gasteiger partial charge in [0.05, 0.1) is 6.42 Å². The number of benzene rings is 2. The first-order valence-electron chi connectivity index (χ1n) is 7.11. The molecule has 0 spiro atoms. The molecular weight excluding hydrogens is 294 g/mol. The van der Waals surface area contributed by atoms with E-state index in [2.05, 4.69) is 15.5 Å². The van der Waals surface area contributed by atoms with Gasteiger partial charge in [-0.25, -0.2) is 0 Å². The number of anilines is 1. The summed E-state index contributed by atoms with van der Waals surface area (Å²) in [7, 11) is 0. The second-order valence-electron chi connectivity index (χ2n) is 4.89. The Kier molecular flexibility index (Phi) is 4.33. The Morgan fingerprint density at radius 2 is 1.78 bits per heavy atom. The van der Waals surface area contributed by atoms with Gasteiger partial charge in [0, 0.05) is 12.6 Å². The zero-order valence-corrected chi connectivity index (χ0v) is 12.5. The van der Waals surface area contributed by atoms with Crippen LogP contribution in [0.25, 0.3) is 0 Å². The maximum Gasteiger partial charge on any atom is 0.232 e. The summed E-state index contributed by atoms with van der Waals surface area (Å²) in [5.74, 6) is 2.06. The van der Waals surface area contributed by atoms with Crippen LogP contribution in [0.15, 0.2) is 59.1 Å². The zero-order chi connectivity index (χ0) is 16.1. The molecule has 2 aromatic carbocycles. The van der Waals surface area contributed by atoms with E-state index in [0.29, 0.717) is 23.2 Å². The highest BCUT2D eigenvalue weighted by molar-refractivity contribution is 5.91. The standard InChI is InChI=1S/C17H15N3O3/c1-12-18-16(20-23-12)11-17(21)19-13-7-9-15(10-8-13)22-14-5-3-2-4-6-14/h2-10H,11H2,1H3,(H,19,21). The number of aryl methyl sites for hydroxylation is 1. The van der Waals surface area contributed by atoms with E-state index in [1.807, 2.05) is 30.3 Å². The van der Waals surface area contributed by atoms with Gasteiger partial charge in [-0.3, -0.25) is 4.79 Å². The van der Waals surface area contributed by atoms with Crippen molar-refractivity contribution in [3.8, 4) is 11.5 Å². The number of aromatic nitrogens is 2. The van der Waals surface area contributed by atoms with Crippen LogP contribution >= 0.6 is 0 Å². The minimum atomic E-state index is -0.206. The van der Waals surface area contributed by atoms with Gasteiger partial charge < -0.3 is 14.6 Å². The summed E-state index contributed by atoms with van der Waals surface area (Å²) in [4.78, 5) is 15.9. The summed E-state index contributed by atoms with van der Waals surface area (Å²) in [5, 5.41) is 6.47. The second-order valence-corrected chi connectivity index (χ2v) is 4.89. The molecule has 0 saturated carbocycles. The van der Waals surface area contributed by atoms with Gasteiger partial charge in [-0.2, -0.15) is 4.98 Å². The number of carbonyl (C=O) groups is 1. The molecule has 1 amide bonds. The van der Waals surface area contributed by atoms with Crippen LogP contribution in [0.1, 0.15) is 11.7 Å². The third-order valence-electron chi connectivity index (χ3n) is 3.01. The molecule has 23 heavy (non-hydrogen) atoms. The van der Waals surface area contributed by atoms with Crippen molar-refractivity contribution in [1.29, 1.82) is 0 Å². The van der Waals surface area contributed by atoms with Gasteiger partial charge in [-0.15, -0.1) is 0 Å². The topological polar surface area (TPSA) is 77.2 Å². The third-order valence-corrected chi connectivity index (χ3v) is 3.01. The number of hydrogen-bond donors (Lipinski definition) is 1. The summed E-state index contributed by atoms with van der Waals surface area (Å²) in [6.07, 6.45) is 0.0691. The number of nitrogens with one attached hydrogen (secondary N) is 1. The quantitative estimate of drug-likeness (QED) is 0.782. The minimum Gasteiger partial charge on any atom is -0.457 e. The summed E-state index contributed by atoms with van der Waals surface area (Å²) >= 11 is 0. The summed E-state index contributed by atoms with van der Waals surface area (Å²) < 4.78 is 10.5. The van der Waals surface area contributed by atoms with Crippen LogP contribution in [-0.4, -0.2) is 16.0 Å². The van der Waals surface area contributed by atoms with Crippen molar-refractivity contribution >= 4 is 11.6 Å². The Morgan fingerprint density at radius 3 is 2.43 bits per heavy atom. The maximum absolute atomic E-state index is 11.9. The molecule has 116 valence electrons. The summed E-state index contributed by atoms with van der Waals surface area (Å²) in [6, 6.07) is 16.6. The Balaban J connectivity index is 1.57. The number of nitrogens with zero attached hydrogens (tertiary/aromatic N) is 2. The molecule has 6 nitrogen and oxygen atoms in total. The fourth-order valence-corrected chi connectivity index (χ4v) is 1.99. The molecule has 0 aliphatic carbocycles. The van der Waals surface area contributed by atoms with Gasteiger partial charge >= 0.3 is 0 Å². The molecule has 0 aliphatic rings. The van der Waals surface area contributed by atoms with Crippen molar-refractivity contribution in [1.82, 2.24) is 10.1 Å². The third kappa shape index (κ3) is 4.16. The highest BCUT2D eigenvalue weighted by Crippen LogP contribution is 2.22. The van der Waals surface area contributed by atoms with Gasteiger partial charge in [-0.1, -0.05) is 23.4 Å². The minimum absolute atomic E-state index is 0.0691. The van der Waals surface area contributed by atoms with E-state index in [0.717, 1.165) is 5.75 Å². The molecule has 0 atom stereocenters. The van der Waals surface area contributed by atoms with Crippen LogP contribution in [0.2, 0.25) is 0 Å². The molecule has 0 saturated heterocycles. The zero-order valence-electron chi connectivity index (χ0n) is 12.5. The van der Waals surface area contributed by atoms with E-state index in [9.17, 15) is 4.79 Å². The smallest absolute Gasteiger partial charge is 0.232 e. The largest absolute Gasteiger partial charge is 0.457 e. The number of ether oxygens (including phenoxy) is 1. The van der Waals surface area contributed by atoms with Crippen molar-refractivity contribution in [2.45, 2.75) is 13.3 Å². The van der Waals surface area contributed by atoms with E-state index >= 15 is 0 Å². The summed E-state index contributed by atoms with van der Waals surface area (Å²) in [6.45, 7) is 1.68. The number of amides is 1. The Bertz CT molecular complexity index is 782. The van der Waals surface area contributed by atoms with Crippen LogP contribution < -0.4 is 10.1 Å². The fraction of sp³-hybridized carbons (Fsp3) is 0.118. The maximum atomic E-state index is 11.9. The van der Waals surface area contributed by atoms with E-state index in [4.69, 9.17) is 9.26 Å². The van der Waals surface area contributed by atoms with Crippen molar-refractivity contribution in [2.24, 2.45) is 0 Å². The number of carbonyl (C=O) groups excluding carboxylic acids is 1. The monoisotopic (exact) mass is 309 g/mol. The van der Waals surface area contributed by atoms with Crippen LogP contribution in [0.3, 0.4) is 0 Å². The first kappa shape index (κ1) is 14.8. The van der Waals surface area contributed by atoms with Crippen molar-refractivity contribution < 1.29 is 14.1 Å². The normalized spacial score (nSPS) is 10.3. The van der Waals surface area contributed by atoms with Gasteiger partial charge in [0.1, 0.15) is 11.5 Å². The molecule has 1 heterocycles. The molecule has 0 aliphatic heterocycles. The Labute approximate surface area is 133 Å². The molecule has 1 N–H and O–H groups in total. The van der Waals surface area contributed by atoms with E-state index in [1.54, 1.807) is 31.2 Å². The van der Waals surface area contributed by atoms with Gasteiger partial charge in [0.25, 0.3) is 0 Å². The van der Waals surface area contributed by atoms with Gasteiger partial charge in [0.2, 0.25) is 11.8 Å². The van der Waals surface area contributed by atoms with Gasteiger partial charge in [-0.05, 0) is 36.4 Å². The molecule has 6 heteroatoms. The lowest BCUT2D eigenvalue weighted by atomic mass is 10.3. The molecule has 0 bridgehead atoms. The molecule has 3 rings (SSSR count). The van der Waals surface area contributed by atoms with Crippen LogP contribution in [0.5, 0.6) is 11.5 Å². The lowest BCUT2D eigenvalue weighted by Gasteiger charge is -2.07. The lowest BCUT2D eigenvalue weighted by Crippen LogP contribution is -2.15. The highest BCUT2D eigenvalue weighted by Gasteiger charge is 2.09. The first-order valence-corrected chi connectivity index (χ1v) is 7.11. The van der Waals surface area contributed by atoms with Crippen LogP contribution in [-0.2, 0) is 11.2 Å². The molecule has 0 radical (unpaired) electrons. The van der Waals surface area contributed by atoms with Crippen molar-refractivity contribution in [3.05, 3.63) is 66.3 Å². The molecular formula is C17H15N3O3. The Morgan fingerprint density at radius 1 is 1.09 bits per heavy atom. The fourth-order valence-electron chi connectivity index (χ4n) is 1.99. The molecule has 3 aromatic rings. The van der Waals surface area contributed by atoms with E-state index in [1.165, 1.54) is 0 Å². The number of rotatable bonds is 5. The predicted octanol–water partition coefficient (Wildman–Crippen LogP) is 3.35. The lowest BCUT2D eigenvalue weighted by molar-refractivity contribution is -0.115. The van der Waals surface area contributed by atoms with Crippen LogP contribution in [0.4, 0.5) is 5.69 Å². The predicted molar refractivity (Wildman–Crippen MR) is 84.3 cm³/mol. The molecule has 0 unspecified atom stereocenters. The summed E-state index contributed by atoms with van der Waals surface area (Å²) in [5.41, 5.74) is 0.677. The molecule has 0 fully saturated rings. The van der Waals surface area contributed by atoms with Crippen LogP contribution in [0, 0.1) is 6.92 Å². The average molecular weight is 309 g/mol. The van der Waals surface area contributed by atoms with Gasteiger partial charge in [0.15, 0.2) is 5.82 Å². The number of para-hydroxylation sites is 1. The van der Waals surface area contributed by atoms with E-state index < -0.39 is 0 Å². The first-order chi connectivity index (χ1) is 11.2. The Hall–Kier alpha value is -3.15. The SMILES string of the molecule is Cc1nc(CC(=O)Nc2ccc(Oc3ccccc3)cc2)no1. The highest BCUT2D eigenvalue weighted by atomic mass is 16.5. The van der Waals surface area contributed by atoms with Crippen molar-refractivity contribution in [2.75, 3.05) is 5.32 Å². The molecule has 1 aromatic heterocycles. The van der Waals surface area contributed by atoms with E-state index in [-0.39, 0.29) is 12.3 Å². The average Bonchev–Trinajstić information content (AvgIpc) is 2.95. The second kappa shape index (κ2) is 6.74. The number of hydrogen-bond acceptors (Lipinski definition) is 5. The van der Waals surface area contributed by atoms with Crippen molar-refractivity contribution in [3.63, 3.8) is 0 Å².